The van der Waals surface area contributed by atoms with Crippen LogP contribution in [0.3, 0.4) is 0 Å². The van der Waals surface area contributed by atoms with Crippen molar-refractivity contribution >= 4 is 23.2 Å². The highest BCUT2D eigenvalue weighted by molar-refractivity contribution is 6.32. The van der Waals surface area contributed by atoms with Gasteiger partial charge >= 0.3 is 0 Å². The number of hydrogen-bond donors (Lipinski definition) is 2. The molecule has 0 saturated carbocycles. The molecule has 2 unspecified atom stereocenters. The number of carbonyl (C=O) groups excluding carboxylic acids is 1. The zero-order chi connectivity index (χ0) is 16.0. The van der Waals surface area contributed by atoms with Crippen molar-refractivity contribution in [2.75, 3.05) is 19.5 Å². The number of methoxy groups -OCH3 is 2. The second-order valence-electron chi connectivity index (χ2n) is 4.87. The van der Waals surface area contributed by atoms with Gasteiger partial charge in [-0.1, -0.05) is 18.5 Å². The van der Waals surface area contributed by atoms with Gasteiger partial charge in [-0.2, -0.15) is 0 Å². The highest BCUT2D eigenvalue weighted by Crippen LogP contribution is 2.36. The van der Waals surface area contributed by atoms with E-state index in [0.717, 1.165) is 6.42 Å². The Labute approximate surface area is 131 Å². The molecule has 0 aliphatic heterocycles. The van der Waals surface area contributed by atoms with Crippen molar-refractivity contribution in [3.63, 3.8) is 0 Å². The highest BCUT2D eigenvalue weighted by atomic mass is 35.5. The van der Waals surface area contributed by atoms with Crippen molar-refractivity contribution in [3.05, 3.63) is 17.2 Å². The van der Waals surface area contributed by atoms with Crippen LogP contribution >= 0.6 is 11.6 Å². The third-order valence-electron chi connectivity index (χ3n) is 3.24. The molecular formula is C15H23ClN2O3. The van der Waals surface area contributed by atoms with Gasteiger partial charge in [-0.15, -0.1) is 0 Å². The average Bonchev–Trinajstić information content (AvgIpc) is 2.47. The van der Waals surface area contributed by atoms with Gasteiger partial charge in [0, 0.05) is 12.1 Å². The Morgan fingerprint density at radius 1 is 1.24 bits per heavy atom. The van der Waals surface area contributed by atoms with Crippen LogP contribution in [0.4, 0.5) is 5.69 Å². The summed E-state index contributed by atoms with van der Waals surface area (Å²) in [6.45, 7) is 5.78. The largest absolute Gasteiger partial charge is 0.495 e. The molecule has 0 fully saturated rings. The number of benzene rings is 1. The van der Waals surface area contributed by atoms with E-state index in [1.165, 1.54) is 7.11 Å². The smallest absolute Gasteiger partial charge is 0.242 e. The van der Waals surface area contributed by atoms with Crippen LogP contribution in [-0.2, 0) is 4.79 Å². The zero-order valence-corrected chi connectivity index (χ0v) is 13.9. The van der Waals surface area contributed by atoms with E-state index in [1.807, 2.05) is 13.8 Å². The second-order valence-corrected chi connectivity index (χ2v) is 5.28. The first kappa shape index (κ1) is 17.4. The fourth-order valence-corrected chi connectivity index (χ4v) is 1.98. The molecule has 118 valence electrons. The van der Waals surface area contributed by atoms with Crippen molar-refractivity contribution in [2.45, 2.75) is 39.3 Å². The standard InChI is InChI=1S/C15H23ClN2O3/c1-6-9(2)17-15(19)10(3)18-12-7-11(16)13(20-4)8-14(12)21-5/h7-10,18H,6H2,1-5H3,(H,17,19). The summed E-state index contributed by atoms with van der Waals surface area (Å²) in [6.07, 6.45) is 0.885. The van der Waals surface area contributed by atoms with Gasteiger partial charge < -0.3 is 20.1 Å². The Morgan fingerprint density at radius 3 is 2.38 bits per heavy atom. The molecule has 0 radical (unpaired) electrons. The second kappa shape index (κ2) is 7.98. The van der Waals surface area contributed by atoms with Crippen molar-refractivity contribution < 1.29 is 14.3 Å². The van der Waals surface area contributed by atoms with Gasteiger partial charge in [-0.3, -0.25) is 4.79 Å². The third-order valence-corrected chi connectivity index (χ3v) is 3.54. The Kier molecular flexibility index (Phi) is 6.62. The van der Waals surface area contributed by atoms with Gasteiger partial charge in [0.05, 0.1) is 24.9 Å². The van der Waals surface area contributed by atoms with E-state index in [2.05, 4.69) is 10.6 Å². The normalized spacial score (nSPS) is 13.2. The molecular weight excluding hydrogens is 292 g/mol. The predicted octanol–water partition coefficient (Wildman–Crippen LogP) is 3.07. The number of amides is 1. The number of ether oxygens (including phenoxy) is 2. The molecule has 5 nitrogen and oxygen atoms in total. The Hall–Kier alpha value is -1.62. The number of anilines is 1. The summed E-state index contributed by atoms with van der Waals surface area (Å²) in [4.78, 5) is 12.1. The summed E-state index contributed by atoms with van der Waals surface area (Å²) in [6, 6.07) is 3.11. The summed E-state index contributed by atoms with van der Waals surface area (Å²) in [5.74, 6) is 1.02. The summed E-state index contributed by atoms with van der Waals surface area (Å²) >= 11 is 6.11. The molecule has 1 aromatic carbocycles. The molecule has 2 N–H and O–H groups in total. The van der Waals surface area contributed by atoms with Gasteiger partial charge in [0.1, 0.15) is 17.5 Å². The van der Waals surface area contributed by atoms with Gasteiger partial charge in [0.15, 0.2) is 0 Å². The zero-order valence-electron chi connectivity index (χ0n) is 13.1. The van der Waals surface area contributed by atoms with Crippen molar-refractivity contribution in [2.24, 2.45) is 0 Å². The number of carbonyl (C=O) groups is 1. The van der Waals surface area contributed by atoms with Gasteiger partial charge in [0.25, 0.3) is 0 Å². The lowest BCUT2D eigenvalue weighted by Gasteiger charge is -2.20. The number of hydrogen-bond acceptors (Lipinski definition) is 4. The Bertz CT molecular complexity index is 494. The average molecular weight is 315 g/mol. The maximum Gasteiger partial charge on any atom is 0.242 e. The predicted molar refractivity (Wildman–Crippen MR) is 85.5 cm³/mol. The minimum atomic E-state index is -0.405. The Morgan fingerprint density at radius 2 is 1.86 bits per heavy atom. The van der Waals surface area contributed by atoms with Crippen molar-refractivity contribution in [1.82, 2.24) is 5.32 Å². The van der Waals surface area contributed by atoms with Crippen LogP contribution in [0.1, 0.15) is 27.2 Å². The topological polar surface area (TPSA) is 59.6 Å². The fraction of sp³-hybridized carbons (Fsp3) is 0.533. The molecule has 21 heavy (non-hydrogen) atoms. The van der Waals surface area contributed by atoms with Crippen LogP contribution in [0.25, 0.3) is 0 Å². The maximum absolute atomic E-state index is 12.1. The molecule has 0 bridgehead atoms. The fourth-order valence-electron chi connectivity index (χ4n) is 1.74. The van der Waals surface area contributed by atoms with E-state index in [0.29, 0.717) is 22.2 Å². The molecule has 0 aromatic heterocycles. The molecule has 1 rings (SSSR count). The molecule has 0 saturated heterocycles. The van der Waals surface area contributed by atoms with Gasteiger partial charge in [0.2, 0.25) is 5.91 Å². The lowest BCUT2D eigenvalue weighted by molar-refractivity contribution is -0.122. The quantitative estimate of drug-likeness (QED) is 0.812. The van der Waals surface area contributed by atoms with Crippen LogP contribution < -0.4 is 20.1 Å². The Balaban J connectivity index is 2.86. The van der Waals surface area contributed by atoms with Crippen LogP contribution in [0.5, 0.6) is 11.5 Å². The number of nitrogens with one attached hydrogen (secondary N) is 2. The first-order chi connectivity index (χ1) is 9.92. The van der Waals surface area contributed by atoms with E-state index in [-0.39, 0.29) is 11.9 Å². The molecule has 0 spiro atoms. The molecule has 2 atom stereocenters. The summed E-state index contributed by atoms with van der Waals surface area (Å²) in [7, 11) is 3.09. The molecule has 0 aliphatic carbocycles. The molecule has 1 aromatic rings. The van der Waals surface area contributed by atoms with Gasteiger partial charge in [-0.25, -0.2) is 0 Å². The highest BCUT2D eigenvalue weighted by Gasteiger charge is 2.17. The summed E-state index contributed by atoms with van der Waals surface area (Å²) < 4.78 is 10.4. The van der Waals surface area contributed by atoms with Crippen molar-refractivity contribution in [1.29, 1.82) is 0 Å². The van der Waals surface area contributed by atoms with E-state index < -0.39 is 6.04 Å². The van der Waals surface area contributed by atoms with Gasteiger partial charge in [-0.05, 0) is 26.3 Å². The summed E-state index contributed by atoms with van der Waals surface area (Å²) in [5, 5.41) is 6.48. The van der Waals surface area contributed by atoms with Crippen molar-refractivity contribution in [3.8, 4) is 11.5 Å². The van der Waals surface area contributed by atoms with E-state index >= 15 is 0 Å². The monoisotopic (exact) mass is 314 g/mol. The molecule has 6 heteroatoms. The lowest BCUT2D eigenvalue weighted by atomic mass is 10.2. The van der Waals surface area contributed by atoms with E-state index in [9.17, 15) is 4.79 Å². The van der Waals surface area contributed by atoms with Crippen LogP contribution in [0.2, 0.25) is 5.02 Å². The first-order valence-electron chi connectivity index (χ1n) is 6.91. The SMILES string of the molecule is CCC(C)NC(=O)C(C)Nc1cc(Cl)c(OC)cc1OC. The molecule has 0 aliphatic rings. The van der Waals surface area contributed by atoms with Crippen LogP contribution in [0, 0.1) is 0 Å². The first-order valence-corrected chi connectivity index (χ1v) is 7.29. The van der Waals surface area contributed by atoms with E-state index in [4.69, 9.17) is 21.1 Å². The number of rotatable bonds is 7. The lowest BCUT2D eigenvalue weighted by Crippen LogP contribution is -2.41. The molecule has 0 heterocycles. The number of halogens is 1. The maximum atomic E-state index is 12.1. The summed E-state index contributed by atoms with van der Waals surface area (Å²) in [5.41, 5.74) is 0.648. The van der Waals surface area contributed by atoms with Crippen LogP contribution in [-0.4, -0.2) is 32.2 Å². The minimum absolute atomic E-state index is 0.0710. The van der Waals surface area contributed by atoms with E-state index in [1.54, 1.807) is 26.2 Å². The van der Waals surface area contributed by atoms with Crippen LogP contribution in [0.15, 0.2) is 12.1 Å². The molecule has 1 amide bonds. The minimum Gasteiger partial charge on any atom is -0.495 e. The third kappa shape index (κ3) is 4.70.